The van der Waals surface area contributed by atoms with Crippen molar-refractivity contribution in [3.63, 3.8) is 0 Å². The quantitative estimate of drug-likeness (QED) is 0.871. The lowest BCUT2D eigenvalue weighted by atomic mass is 10.0. The SMILES string of the molecule is CN1CCO[C@@H](CNCc2ccc3c(c2)OCCO3)[C@@H]1c1ccnn1C. The fraction of sp³-hybridized carbons (Fsp3) is 0.526. The minimum absolute atomic E-state index is 0.0846. The molecule has 0 bridgehead atoms. The predicted molar refractivity (Wildman–Crippen MR) is 97.5 cm³/mol. The molecule has 1 saturated heterocycles. The summed E-state index contributed by atoms with van der Waals surface area (Å²) in [5.74, 6) is 1.66. The van der Waals surface area contributed by atoms with Crippen LogP contribution in [-0.2, 0) is 18.3 Å². The summed E-state index contributed by atoms with van der Waals surface area (Å²) in [4.78, 5) is 2.34. The molecule has 2 atom stereocenters. The van der Waals surface area contributed by atoms with Gasteiger partial charge in [0.25, 0.3) is 0 Å². The zero-order chi connectivity index (χ0) is 17.9. The summed E-state index contributed by atoms with van der Waals surface area (Å²) in [6.45, 7) is 4.44. The van der Waals surface area contributed by atoms with E-state index in [1.165, 1.54) is 11.3 Å². The Kier molecular flexibility index (Phi) is 5.10. The average molecular weight is 358 g/mol. The minimum atomic E-state index is 0.0846. The molecule has 26 heavy (non-hydrogen) atoms. The third kappa shape index (κ3) is 3.56. The van der Waals surface area contributed by atoms with Gasteiger partial charge >= 0.3 is 0 Å². The number of rotatable bonds is 5. The number of aryl methyl sites for hydroxylation is 1. The van der Waals surface area contributed by atoms with E-state index in [2.05, 4.69) is 34.5 Å². The fourth-order valence-corrected chi connectivity index (χ4v) is 3.68. The number of aromatic nitrogens is 2. The molecule has 1 fully saturated rings. The number of benzene rings is 1. The van der Waals surface area contributed by atoms with Crippen LogP contribution in [0.5, 0.6) is 11.5 Å². The Bertz CT molecular complexity index is 748. The smallest absolute Gasteiger partial charge is 0.161 e. The van der Waals surface area contributed by atoms with E-state index in [4.69, 9.17) is 14.2 Å². The molecule has 7 heteroatoms. The summed E-state index contributed by atoms with van der Waals surface area (Å²) in [6, 6.07) is 8.38. The monoisotopic (exact) mass is 358 g/mol. The highest BCUT2D eigenvalue weighted by Crippen LogP contribution is 2.31. The van der Waals surface area contributed by atoms with Crippen molar-refractivity contribution in [1.29, 1.82) is 0 Å². The standard InChI is InChI=1S/C19H26N4O3/c1-22-7-8-24-18(19(22)15-5-6-21-23(15)2)13-20-12-14-3-4-16-17(11-14)26-10-9-25-16/h3-6,11,18-20H,7-10,12-13H2,1-2H3/t18-,19-/m0/s1. The summed E-state index contributed by atoms with van der Waals surface area (Å²) >= 11 is 0. The van der Waals surface area contributed by atoms with Gasteiger partial charge in [-0.1, -0.05) is 6.07 Å². The normalized spacial score (nSPS) is 23.2. The van der Waals surface area contributed by atoms with E-state index in [0.717, 1.165) is 37.7 Å². The van der Waals surface area contributed by atoms with Crippen molar-refractivity contribution in [3.8, 4) is 11.5 Å². The zero-order valence-electron chi connectivity index (χ0n) is 15.4. The first kappa shape index (κ1) is 17.3. The maximum Gasteiger partial charge on any atom is 0.161 e. The fourth-order valence-electron chi connectivity index (χ4n) is 3.68. The molecule has 4 rings (SSSR count). The maximum atomic E-state index is 6.08. The van der Waals surface area contributed by atoms with E-state index in [-0.39, 0.29) is 12.1 Å². The first-order chi connectivity index (χ1) is 12.7. The van der Waals surface area contributed by atoms with Gasteiger partial charge in [-0.2, -0.15) is 5.10 Å². The molecule has 0 radical (unpaired) electrons. The summed E-state index contributed by atoms with van der Waals surface area (Å²) in [6.07, 6.45) is 1.93. The van der Waals surface area contributed by atoms with Crippen LogP contribution in [0.15, 0.2) is 30.5 Å². The van der Waals surface area contributed by atoms with Gasteiger partial charge in [0.15, 0.2) is 11.5 Å². The van der Waals surface area contributed by atoms with Crippen LogP contribution in [-0.4, -0.2) is 60.7 Å². The van der Waals surface area contributed by atoms with Crippen molar-refractivity contribution in [1.82, 2.24) is 20.0 Å². The van der Waals surface area contributed by atoms with E-state index in [9.17, 15) is 0 Å². The van der Waals surface area contributed by atoms with E-state index in [1.807, 2.05) is 30.1 Å². The Hall–Kier alpha value is -2.09. The van der Waals surface area contributed by atoms with Gasteiger partial charge in [-0.15, -0.1) is 0 Å². The van der Waals surface area contributed by atoms with Gasteiger partial charge in [0.2, 0.25) is 0 Å². The summed E-state index contributed by atoms with van der Waals surface area (Å²) in [5, 5.41) is 7.85. The summed E-state index contributed by atoms with van der Waals surface area (Å²) in [5.41, 5.74) is 2.36. The molecule has 2 aromatic rings. The lowest BCUT2D eigenvalue weighted by molar-refractivity contribution is -0.0638. The highest BCUT2D eigenvalue weighted by Gasteiger charge is 2.33. The molecule has 0 unspecified atom stereocenters. The molecule has 0 spiro atoms. The number of nitrogens with one attached hydrogen (secondary N) is 1. The molecule has 1 aromatic carbocycles. The molecule has 2 aliphatic heterocycles. The maximum absolute atomic E-state index is 6.08. The van der Waals surface area contributed by atoms with Crippen LogP contribution < -0.4 is 14.8 Å². The Morgan fingerprint density at radius 3 is 2.77 bits per heavy atom. The molecule has 1 aromatic heterocycles. The van der Waals surface area contributed by atoms with Crippen LogP contribution in [0.4, 0.5) is 0 Å². The van der Waals surface area contributed by atoms with E-state index in [1.54, 1.807) is 0 Å². The highest BCUT2D eigenvalue weighted by molar-refractivity contribution is 5.43. The number of morpholine rings is 1. The van der Waals surface area contributed by atoms with Gasteiger partial charge in [-0.05, 0) is 30.8 Å². The largest absolute Gasteiger partial charge is 0.486 e. The van der Waals surface area contributed by atoms with Gasteiger partial charge in [0.05, 0.1) is 24.4 Å². The van der Waals surface area contributed by atoms with Crippen molar-refractivity contribution in [2.45, 2.75) is 18.7 Å². The second-order valence-corrected chi connectivity index (χ2v) is 6.82. The molecule has 7 nitrogen and oxygen atoms in total. The lowest BCUT2D eigenvalue weighted by Crippen LogP contribution is -2.48. The summed E-state index contributed by atoms with van der Waals surface area (Å²) < 4.78 is 19.2. The molecule has 3 heterocycles. The zero-order valence-corrected chi connectivity index (χ0v) is 15.4. The van der Waals surface area contributed by atoms with Crippen LogP contribution >= 0.6 is 0 Å². The van der Waals surface area contributed by atoms with Crippen LogP contribution in [0.25, 0.3) is 0 Å². The Morgan fingerprint density at radius 2 is 1.96 bits per heavy atom. The van der Waals surface area contributed by atoms with Gasteiger partial charge in [0.1, 0.15) is 13.2 Å². The lowest BCUT2D eigenvalue weighted by Gasteiger charge is -2.39. The van der Waals surface area contributed by atoms with Gasteiger partial charge in [-0.25, -0.2) is 0 Å². The van der Waals surface area contributed by atoms with Crippen LogP contribution in [0, 0.1) is 0 Å². The number of nitrogens with zero attached hydrogens (tertiary/aromatic N) is 3. The second-order valence-electron chi connectivity index (χ2n) is 6.82. The van der Waals surface area contributed by atoms with E-state index < -0.39 is 0 Å². The van der Waals surface area contributed by atoms with Crippen LogP contribution in [0.3, 0.4) is 0 Å². The van der Waals surface area contributed by atoms with Gasteiger partial charge in [0, 0.05) is 32.9 Å². The highest BCUT2D eigenvalue weighted by atomic mass is 16.6. The second kappa shape index (κ2) is 7.65. The molecule has 140 valence electrons. The van der Waals surface area contributed by atoms with Crippen molar-refractivity contribution in [2.24, 2.45) is 7.05 Å². The van der Waals surface area contributed by atoms with Crippen LogP contribution in [0.2, 0.25) is 0 Å². The van der Waals surface area contributed by atoms with Crippen molar-refractivity contribution in [3.05, 3.63) is 41.7 Å². The molecule has 1 N–H and O–H groups in total. The first-order valence-corrected chi connectivity index (χ1v) is 9.11. The van der Waals surface area contributed by atoms with Gasteiger partial charge in [-0.3, -0.25) is 9.58 Å². The molecular weight excluding hydrogens is 332 g/mol. The number of likely N-dealkylation sites (N-methyl/N-ethyl adjacent to an activating group) is 1. The Labute approximate surface area is 153 Å². The molecule has 0 saturated carbocycles. The first-order valence-electron chi connectivity index (χ1n) is 9.11. The van der Waals surface area contributed by atoms with E-state index >= 15 is 0 Å². The minimum Gasteiger partial charge on any atom is -0.486 e. The average Bonchev–Trinajstić information content (AvgIpc) is 3.07. The molecular formula is C19H26N4O3. The molecule has 2 aliphatic rings. The number of hydrogen-bond donors (Lipinski definition) is 1. The Balaban J connectivity index is 1.39. The van der Waals surface area contributed by atoms with Gasteiger partial charge < -0.3 is 19.5 Å². The van der Waals surface area contributed by atoms with Crippen molar-refractivity contribution >= 4 is 0 Å². The van der Waals surface area contributed by atoms with Crippen molar-refractivity contribution in [2.75, 3.05) is 40.0 Å². The summed E-state index contributed by atoms with van der Waals surface area (Å²) in [7, 11) is 4.13. The third-order valence-corrected chi connectivity index (χ3v) is 5.05. The number of ether oxygens (including phenoxy) is 3. The predicted octanol–water partition coefficient (Wildman–Crippen LogP) is 1.35. The number of fused-ring (bicyclic) bond motifs is 1. The number of hydrogen-bond acceptors (Lipinski definition) is 6. The molecule has 0 amide bonds. The van der Waals surface area contributed by atoms with Crippen LogP contribution in [0.1, 0.15) is 17.3 Å². The third-order valence-electron chi connectivity index (χ3n) is 5.05. The topological polar surface area (TPSA) is 60.8 Å². The van der Waals surface area contributed by atoms with E-state index in [0.29, 0.717) is 13.2 Å². The Morgan fingerprint density at radius 1 is 1.12 bits per heavy atom. The molecule has 0 aliphatic carbocycles. The van der Waals surface area contributed by atoms with Crippen molar-refractivity contribution < 1.29 is 14.2 Å².